The summed E-state index contributed by atoms with van der Waals surface area (Å²) in [6, 6.07) is 0.507. The van der Waals surface area contributed by atoms with Crippen molar-refractivity contribution in [3.8, 4) is 0 Å². The molecule has 70 valence electrons. The highest BCUT2D eigenvalue weighted by atomic mass is 15.5. The summed E-state index contributed by atoms with van der Waals surface area (Å²) in [5.41, 5.74) is 3.35. The van der Waals surface area contributed by atoms with E-state index in [4.69, 9.17) is 0 Å². The van der Waals surface area contributed by atoms with Gasteiger partial charge in [0, 0.05) is 11.5 Å². The van der Waals surface area contributed by atoms with Crippen LogP contribution in [0.25, 0.3) is 0 Å². The first-order chi connectivity index (χ1) is 5.43. The van der Waals surface area contributed by atoms with E-state index < -0.39 is 0 Å². The first-order valence-electron chi connectivity index (χ1n) is 4.49. The van der Waals surface area contributed by atoms with Crippen LogP contribution in [0, 0.1) is 5.41 Å². The van der Waals surface area contributed by atoms with Gasteiger partial charge in [0.15, 0.2) is 0 Å². The molecule has 0 saturated carbocycles. The van der Waals surface area contributed by atoms with Gasteiger partial charge in [-0.1, -0.05) is 20.8 Å². The lowest BCUT2D eigenvalue weighted by Crippen LogP contribution is -2.49. The Bertz CT molecular complexity index is 179. The smallest absolute Gasteiger partial charge is 0.121 e. The van der Waals surface area contributed by atoms with Crippen LogP contribution in [-0.2, 0) is 0 Å². The number of hydrogen-bond donors (Lipinski definition) is 1. The molecule has 0 aromatic rings. The highest BCUT2D eigenvalue weighted by Gasteiger charge is 2.32. The second-order valence-corrected chi connectivity index (χ2v) is 4.68. The van der Waals surface area contributed by atoms with E-state index in [2.05, 4.69) is 50.0 Å². The van der Waals surface area contributed by atoms with E-state index >= 15 is 0 Å². The minimum absolute atomic E-state index is 0.223. The summed E-state index contributed by atoms with van der Waals surface area (Å²) >= 11 is 0. The van der Waals surface area contributed by atoms with E-state index in [0.29, 0.717) is 12.2 Å². The van der Waals surface area contributed by atoms with Crippen LogP contribution in [0.15, 0.2) is 5.10 Å². The Labute approximate surface area is 74.8 Å². The van der Waals surface area contributed by atoms with Gasteiger partial charge >= 0.3 is 0 Å². The summed E-state index contributed by atoms with van der Waals surface area (Å²) in [4.78, 5) is 2.25. The van der Waals surface area contributed by atoms with Gasteiger partial charge in [-0.05, 0) is 13.8 Å². The average Bonchev–Trinajstić information content (AvgIpc) is 2.30. The normalized spacial score (nSPS) is 23.5. The Balaban J connectivity index is 2.69. The zero-order chi connectivity index (χ0) is 9.35. The van der Waals surface area contributed by atoms with Crippen molar-refractivity contribution in [2.24, 2.45) is 10.5 Å². The van der Waals surface area contributed by atoms with Crippen LogP contribution >= 0.6 is 0 Å². The molecule has 0 fully saturated rings. The fourth-order valence-electron chi connectivity index (χ4n) is 1.38. The Kier molecular flexibility index (Phi) is 2.31. The Morgan fingerprint density at radius 2 is 2.00 bits per heavy atom. The molecule has 1 N–H and O–H groups in total. The highest BCUT2D eigenvalue weighted by molar-refractivity contribution is 5.57. The standard InChI is InChI=1S/C9H19N3/c1-7(2)12-6-10-11-8(12)9(3,4)5/h6-8,11H,1-5H3. The number of hydrazone groups is 1. The van der Waals surface area contributed by atoms with Gasteiger partial charge in [0.25, 0.3) is 0 Å². The molecule has 0 spiro atoms. The highest BCUT2D eigenvalue weighted by Crippen LogP contribution is 2.24. The van der Waals surface area contributed by atoms with E-state index in [1.54, 1.807) is 0 Å². The van der Waals surface area contributed by atoms with Gasteiger partial charge in [-0.25, -0.2) is 0 Å². The van der Waals surface area contributed by atoms with Crippen molar-refractivity contribution < 1.29 is 0 Å². The molecule has 0 aromatic heterocycles. The molecule has 0 bridgehead atoms. The van der Waals surface area contributed by atoms with Crippen LogP contribution in [0.4, 0.5) is 0 Å². The molecule has 1 rings (SSSR count). The number of nitrogens with one attached hydrogen (secondary N) is 1. The zero-order valence-electron chi connectivity index (χ0n) is 8.63. The van der Waals surface area contributed by atoms with E-state index in [1.807, 2.05) is 6.34 Å². The predicted octanol–water partition coefficient (Wildman–Crippen LogP) is 1.62. The van der Waals surface area contributed by atoms with Crippen LogP contribution in [0.5, 0.6) is 0 Å². The number of hydrogen-bond acceptors (Lipinski definition) is 3. The molecular formula is C9H19N3. The quantitative estimate of drug-likeness (QED) is 0.646. The molecule has 1 aliphatic rings. The Hall–Kier alpha value is -0.730. The molecule has 0 aromatic carbocycles. The summed E-state index contributed by atoms with van der Waals surface area (Å²) in [6.07, 6.45) is 2.22. The van der Waals surface area contributed by atoms with Gasteiger partial charge in [-0.2, -0.15) is 5.10 Å². The minimum atomic E-state index is 0.223. The van der Waals surface area contributed by atoms with Gasteiger partial charge in [0.1, 0.15) is 12.5 Å². The number of rotatable bonds is 1. The van der Waals surface area contributed by atoms with Gasteiger partial charge < -0.3 is 4.90 Å². The Morgan fingerprint density at radius 1 is 1.42 bits per heavy atom. The van der Waals surface area contributed by atoms with E-state index in [1.165, 1.54) is 0 Å². The van der Waals surface area contributed by atoms with Crippen LogP contribution in [-0.4, -0.2) is 23.4 Å². The summed E-state index contributed by atoms with van der Waals surface area (Å²) in [5, 5.41) is 4.08. The van der Waals surface area contributed by atoms with E-state index in [9.17, 15) is 0 Å². The molecule has 12 heavy (non-hydrogen) atoms. The van der Waals surface area contributed by atoms with Crippen molar-refractivity contribution in [2.75, 3.05) is 0 Å². The molecule has 1 aliphatic heterocycles. The average molecular weight is 169 g/mol. The largest absolute Gasteiger partial charge is 0.337 e. The SMILES string of the molecule is CC(C)N1C=NNC1C(C)(C)C. The molecule has 0 aliphatic carbocycles. The van der Waals surface area contributed by atoms with Gasteiger partial charge in [-0.3, -0.25) is 5.43 Å². The zero-order valence-corrected chi connectivity index (χ0v) is 8.63. The Morgan fingerprint density at radius 3 is 2.33 bits per heavy atom. The summed E-state index contributed by atoms with van der Waals surface area (Å²) < 4.78 is 0. The number of nitrogens with zero attached hydrogens (tertiary/aromatic N) is 2. The third-order valence-electron chi connectivity index (χ3n) is 2.10. The second-order valence-electron chi connectivity index (χ2n) is 4.68. The van der Waals surface area contributed by atoms with E-state index in [0.717, 1.165) is 0 Å². The molecule has 1 unspecified atom stereocenters. The molecule has 0 amide bonds. The molecule has 3 heteroatoms. The fraction of sp³-hybridized carbons (Fsp3) is 0.889. The topological polar surface area (TPSA) is 27.6 Å². The first-order valence-corrected chi connectivity index (χ1v) is 4.49. The van der Waals surface area contributed by atoms with Crippen molar-refractivity contribution >= 4 is 6.34 Å². The fourth-order valence-corrected chi connectivity index (χ4v) is 1.38. The molecular weight excluding hydrogens is 150 g/mol. The van der Waals surface area contributed by atoms with Crippen LogP contribution in [0.1, 0.15) is 34.6 Å². The van der Waals surface area contributed by atoms with Crippen LogP contribution in [0.3, 0.4) is 0 Å². The lowest BCUT2D eigenvalue weighted by molar-refractivity contribution is 0.134. The minimum Gasteiger partial charge on any atom is -0.337 e. The van der Waals surface area contributed by atoms with Crippen molar-refractivity contribution in [1.29, 1.82) is 0 Å². The van der Waals surface area contributed by atoms with E-state index in [-0.39, 0.29) is 5.41 Å². The lowest BCUT2D eigenvalue weighted by Gasteiger charge is -2.36. The molecule has 0 radical (unpaired) electrons. The van der Waals surface area contributed by atoms with Gasteiger partial charge in [0.2, 0.25) is 0 Å². The predicted molar refractivity (Wildman–Crippen MR) is 51.8 cm³/mol. The van der Waals surface area contributed by atoms with Gasteiger partial charge in [0.05, 0.1) is 0 Å². The van der Waals surface area contributed by atoms with Crippen molar-refractivity contribution in [3.63, 3.8) is 0 Å². The van der Waals surface area contributed by atoms with Gasteiger partial charge in [-0.15, -0.1) is 0 Å². The van der Waals surface area contributed by atoms with Crippen LogP contribution < -0.4 is 5.43 Å². The maximum Gasteiger partial charge on any atom is 0.121 e. The molecule has 1 atom stereocenters. The van der Waals surface area contributed by atoms with Crippen LogP contribution in [0.2, 0.25) is 0 Å². The summed E-state index contributed by atoms with van der Waals surface area (Å²) in [7, 11) is 0. The lowest BCUT2D eigenvalue weighted by atomic mass is 9.91. The first kappa shape index (κ1) is 9.36. The molecule has 3 nitrogen and oxygen atoms in total. The van der Waals surface area contributed by atoms with Crippen molar-refractivity contribution in [3.05, 3.63) is 0 Å². The second kappa shape index (κ2) is 2.96. The maximum absolute atomic E-state index is 4.08. The molecule has 0 saturated heterocycles. The summed E-state index contributed by atoms with van der Waals surface area (Å²) in [6.45, 7) is 11.0. The third-order valence-corrected chi connectivity index (χ3v) is 2.10. The summed E-state index contributed by atoms with van der Waals surface area (Å²) in [5.74, 6) is 0. The monoisotopic (exact) mass is 169 g/mol. The van der Waals surface area contributed by atoms with Crippen molar-refractivity contribution in [2.45, 2.75) is 46.8 Å². The third kappa shape index (κ3) is 1.71. The van der Waals surface area contributed by atoms with Crippen molar-refractivity contribution in [1.82, 2.24) is 10.3 Å². The maximum atomic E-state index is 4.08. The molecule has 1 heterocycles.